The number of rotatable bonds is 10. The first-order chi connectivity index (χ1) is 10.4. The minimum Gasteiger partial charge on any atom is -0.479 e. The van der Waals surface area contributed by atoms with E-state index in [4.69, 9.17) is 15.6 Å². The van der Waals surface area contributed by atoms with E-state index in [0.29, 0.717) is 19.5 Å². The number of carboxylic acids is 1. The molecule has 0 aromatic heterocycles. The predicted octanol–water partition coefficient (Wildman–Crippen LogP) is -0.776. The van der Waals surface area contributed by atoms with E-state index in [1.54, 1.807) is 0 Å². The average Bonchev–Trinajstić information content (AvgIpc) is 3.22. The molecule has 0 unspecified atom stereocenters. The van der Waals surface area contributed by atoms with Crippen molar-refractivity contribution in [2.75, 3.05) is 13.1 Å². The number of aliphatic carboxylic acids is 1. The van der Waals surface area contributed by atoms with Gasteiger partial charge < -0.3 is 26.2 Å². The monoisotopic (exact) mass is 315 g/mol. The van der Waals surface area contributed by atoms with Gasteiger partial charge in [-0.1, -0.05) is 13.8 Å². The fourth-order valence-corrected chi connectivity index (χ4v) is 2.06. The molecule has 0 bridgehead atoms. The van der Waals surface area contributed by atoms with E-state index >= 15 is 0 Å². The second-order valence-electron chi connectivity index (χ2n) is 5.79. The number of carbonyl (C=O) groups excluding carboxylic acids is 2. The van der Waals surface area contributed by atoms with Crippen molar-refractivity contribution in [1.82, 2.24) is 10.6 Å². The second kappa shape index (κ2) is 8.70. The lowest BCUT2D eigenvalue weighted by atomic mass is 10.0. The number of carboxylic acid groups (broad SMARTS) is 1. The van der Waals surface area contributed by atoms with Crippen molar-refractivity contribution in [1.29, 1.82) is 0 Å². The molecule has 1 aliphatic rings. The second-order valence-corrected chi connectivity index (χ2v) is 5.79. The third kappa shape index (κ3) is 5.98. The summed E-state index contributed by atoms with van der Waals surface area (Å²) >= 11 is 0. The van der Waals surface area contributed by atoms with Crippen LogP contribution in [-0.4, -0.2) is 54.2 Å². The number of nitrogens with one attached hydrogen (secondary N) is 2. The molecule has 3 atom stereocenters. The van der Waals surface area contributed by atoms with E-state index < -0.39 is 30.1 Å². The van der Waals surface area contributed by atoms with Crippen LogP contribution in [-0.2, 0) is 19.1 Å². The molecule has 0 saturated carbocycles. The molecule has 2 amide bonds. The first kappa shape index (κ1) is 18.4. The predicted molar refractivity (Wildman–Crippen MR) is 79.0 cm³/mol. The lowest BCUT2D eigenvalue weighted by Gasteiger charge is -2.19. The van der Waals surface area contributed by atoms with E-state index in [-0.39, 0.29) is 11.8 Å². The maximum atomic E-state index is 12.1. The Bertz CT molecular complexity index is 413. The third-order valence-electron chi connectivity index (χ3n) is 3.26. The van der Waals surface area contributed by atoms with E-state index in [2.05, 4.69) is 10.6 Å². The van der Waals surface area contributed by atoms with Gasteiger partial charge in [-0.25, -0.2) is 4.79 Å². The summed E-state index contributed by atoms with van der Waals surface area (Å²) in [5, 5.41) is 14.1. The summed E-state index contributed by atoms with van der Waals surface area (Å²) in [6, 6.07) is -0.691. The van der Waals surface area contributed by atoms with Crippen LogP contribution in [0.15, 0.2) is 0 Å². The minimum absolute atomic E-state index is 0.204. The van der Waals surface area contributed by atoms with Crippen LogP contribution in [0.25, 0.3) is 0 Å². The summed E-state index contributed by atoms with van der Waals surface area (Å²) in [5.41, 5.74) is 5.38. The van der Waals surface area contributed by atoms with E-state index in [1.165, 1.54) is 0 Å². The lowest BCUT2D eigenvalue weighted by Crippen LogP contribution is -2.49. The molecule has 1 rings (SSSR count). The van der Waals surface area contributed by atoms with Crippen LogP contribution in [0.4, 0.5) is 0 Å². The van der Waals surface area contributed by atoms with Crippen LogP contribution in [0.3, 0.4) is 0 Å². The molecule has 1 saturated heterocycles. The number of carbonyl (C=O) groups is 3. The molecular weight excluding hydrogens is 290 g/mol. The lowest BCUT2D eigenvalue weighted by molar-refractivity contribution is -0.138. The van der Waals surface area contributed by atoms with Gasteiger partial charge in [-0.15, -0.1) is 0 Å². The van der Waals surface area contributed by atoms with Crippen molar-refractivity contribution in [2.24, 2.45) is 11.7 Å². The van der Waals surface area contributed by atoms with E-state index in [0.717, 1.165) is 12.8 Å². The smallest absolute Gasteiger partial charge is 0.336 e. The fourth-order valence-electron chi connectivity index (χ4n) is 2.06. The molecule has 0 radical (unpaired) electrons. The normalized spacial score (nSPS) is 21.3. The van der Waals surface area contributed by atoms with Crippen molar-refractivity contribution in [3.63, 3.8) is 0 Å². The van der Waals surface area contributed by atoms with Crippen LogP contribution in [0.1, 0.15) is 33.1 Å². The molecule has 5 N–H and O–H groups in total. The molecule has 1 aliphatic heterocycles. The van der Waals surface area contributed by atoms with Crippen LogP contribution < -0.4 is 16.4 Å². The van der Waals surface area contributed by atoms with Crippen molar-refractivity contribution < 1.29 is 24.2 Å². The zero-order valence-corrected chi connectivity index (χ0v) is 13.0. The largest absolute Gasteiger partial charge is 0.479 e. The summed E-state index contributed by atoms with van der Waals surface area (Å²) in [6.45, 7) is 4.94. The molecule has 0 aliphatic carbocycles. The first-order valence-corrected chi connectivity index (χ1v) is 7.53. The fraction of sp³-hybridized carbons (Fsp3) is 0.786. The van der Waals surface area contributed by atoms with Crippen LogP contribution >= 0.6 is 0 Å². The quantitative estimate of drug-likeness (QED) is 0.309. The van der Waals surface area contributed by atoms with Crippen LogP contribution in [0.2, 0.25) is 0 Å². The number of amides is 2. The summed E-state index contributed by atoms with van der Waals surface area (Å²) in [5.74, 6) is -1.80. The summed E-state index contributed by atoms with van der Waals surface area (Å²) in [4.78, 5) is 34.7. The molecule has 0 aromatic carbocycles. The molecule has 1 heterocycles. The molecule has 0 aromatic rings. The topological polar surface area (TPSA) is 134 Å². The Morgan fingerprint density at radius 3 is 2.41 bits per heavy atom. The van der Waals surface area contributed by atoms with Gasteiger partial charge in [-0.2, -0.15) is 0 Å². The van der Waals surface area contributed by atoms with Gasteiger partial charge in [0.25, 0.3) is 5.91 Å². The van der Waals surface area contributed by atoms with Crippen LogP contribution in [0.5, 0.6) is 0 Å². The van der Waals surface area contributed by atoms with Gasteiger partial charge in [-0.05, 0) is 31.7 Å². The van der Waals surface area contributed by atoms with E-state index in [1.807, 2.05) is 13.8 Å². The van der Waals surface area contributed by atoms with Crippen molar-refractivity contribution in [3.05, 3.63) is 0 Å². The molecule has 22 heavy (non-hydrogen) atoms. The van der Waals surface area contributed by atoms with Gasteiger partial charge in [0.1, 0.15) is 6.04 Å². The Morgan fingerprint density at radius 2 is 1.91 bits per heavy atom. The third-order valence-corrected chi connectivity index (χ3v) is 3.26. The molecule has 126 valence electrons. The van der Waals surface area contributed by atoms with Gasteiger partial charge >= 0.3 is 5.97 Å². The molecule has 8 heteroatoms. The van der Waals surface area contributed by atoms with Crippen molar-refractivity contribution in [2.45, 2.75) is 51.4 Å². The number of hydrogen-bond acceptors (Lipinski definition) is 5. The Morgan fingerprint density at radius 1 is 1.23 bits per heavy atom. The highest BCUT2D eigenvalue weighted by atomic mass is 16.6. The number of ether oxygens (including phenoxy) is 1. The maximum Gasteiger partial charge on any atom is 0.336 e. The minimum atomic E-state index is -1.17. The summed E-state index contributed by atoms with van der Waals surface area (Å²) in [7, 11) is 0. The molecule has 1 fully saturated rings. The molecular formula is C14H25N3O5. The van der Waals surface area contributed by atoms with E-state index in [9.17, 15) is 14.4 Å². The Balaban J connectivity index is 2.48. The summed E-state index contributed by atoms with van der Waals surface area (Å²) in [6.07, 6.45) is -0.0434. The Hall–Kier alpha value is -1.67. The SMILES string of the molecule is CC(C)C[C@H](NC(=O)[C@H]1O[C@H]1C(=O)O)C(=O)NCCCCN. The Kier molecular flexibility index (Phi) is 7.26. The standard InChI is InChI=1S/C14H25N3O5/c1-8(2)7-9(12(18)16-6-4-3-5-15)17-13(19)10-11(22-10)14(20)21/h8-11H,3-7,15H2,1-2H3,(H,16,18)(H,17,19)(H,20,21)/t9-,10-,11+/m0/s1. The van der Waals surface area contributed by atoms with Gasteiger partial charge in [0, 0.05) is 6.54 Å². The Labute approximate surface area is 129 Å². The van der Waals surface area contributed by atoms with Gasteiger partial charge in [-0.3, -0.25) is 9.59 Å². The average molecular weight is 315 g/mol. The van der Waals surface area contributed by atoms with Crippen molar-refractivity contribution >= 4 is 17.8 Å². The first-order valence-electron chi connectivity index (χ1n) is 7.53. The number of nitrogens with two attached hydrogens (primary N) is 1. The zero-order chi connectivity index (χ0) is 16.7. The number of epoxide rings is 1. The highest BCUT2D eigenvalue weighted by Gasteiger charge is 2.51. The van der Waals surface area contributed by atoms with Gasteiger partial charge in [0.15, 0.2) is 12.2 Å². The maximum absolute atomic E-state index is 12.1. The number of unbranched alkanes of at least 4 members (excludes halogenated alkanes) is 1. The highest BCUT2D eigenvalue weighted by Crippen LogP contribution is 2.22. The number of hydrogen-bond donors (Lipinski definition) is 4. The summed E-state index contributed by atoms with van der Waals surface area (Å²) < 4.78 is 4.78. The highest BCUT2D eigenvalue weighted by molar-refractivity contribution is 5.95. The van der Waals surface area contributed by atoms with Gasteiger partial charge in [0.2, 0.25) is 5.91 Å². The van der Waals surface area contributed by atoms with Crippen LogP contribution in [0, 0.1) is 5.92 Å². The van der Waals surface area contributed by atoms with Gasteiger partial charge in [0.05, 0.1) is 0 Å². The zero-order valence-electron chi connectivity index (χ0n) is 13.0. The van der Waals surface area contributed by atoms with Crippen molar-refractivity contribution in [3.8, 4) is 0 Å². The molecule has 8 nitrogen and oxygen atoms in total. The molecule has 0 spiro atoms.